The molecule has 1 aromatic heterocycles. The Morgan fingerprint density at radius 2 is 2.06 bits per heavy atom. The van der Waals surface area contributed by atoms with Crippen LogP contribution in [0.15, 0.2) is 12.1 Å². The molecule has 1 saturated heterocycles. The first-order valence-corrected chi connectivity index (χ1v) is 5.78. The monoisotopic (exact) mass is 254 g/mol. The lowest BCUT2D eigenvalue weighted by Crippen LogP contribution is -2.49. The van der Waals surface area contributed by atoms with E-state index in [4.69, 9.17) is 5.11 Å². The Morgan fingerprint density at radius 3 is 2.65 bits per heavy atom. The zero-order chi connectivity index (χ0) is 12.4. The van der Waals surface area contributed by atoms with Crippen molar-refractivity contribution in [2.75, 3.05) is 19.6 Å². The fraction of sp³-hybridized carbons (Fsp3) is 0.300. The number of amides is 2. The molecule has 2 amide bonds. The van der Waals surface area contributed by atoms with Crippen molar-refractivity contribution in [2.45, 2.75) is 0 Å². The fourth-order valence-corrected chi connectivity index (χ4v) is 2.35. The number of carboxylic acid groups (broad SMARTS) is 1. The Kier molecular flexibility index (Phi) is 3.10. The van der Waals surface area contributed by atoms with Crippen LogP contribution in [0.4, 0.5) is 0 Å². The van der Waals surface area contributed by atoms with Crippen molar-refractivity contribution in [1.82, 2.24) is 10.2 Å². The van der Waals surface area contributed by atoms with Crippen molar-refractivity contribution in [1.29, 1.82) is 0 Å². The second-order valence-electron chi connectivity index (χ2n) is 3.55. The summed E-state index contributed by atoms with van der Waals surface area (Å²) in [5.74, 6) is -1.54. The number of carbonyl (C=O) groups excluding carboxylic acids is 2. The predicted molar refractivity (Wildman–Crippen MR) is 60.2 cm³/mol. The van der Waals surface area contributed by atoms with Crippen LogP contribution in [0, 0.1) is 0 Å². The summed E-state index contributed by atoms with van der Waals surface area (Å²) in [6, 6.07) is 2.87. The minimum Gasteiger partial charge on any atom is -0.477 e. The quantitative estimate of drug-likeness (QED) is 0.779. The molecule has 6 nitrogen and oxygen atoms in total. The summed E-state index contributed by atoms with van der Waals surface area (Å²) in [7, 11) is 0. The number of carboxylic acids is 1. The van der Waals surface area contributed by atoms with Gasteiger partial charge in [-0.25, -0.2) is 4.79 Å². The van der Waals surface area contributed by atoms with E-state index in [1.165, 1.54) is 17.0 Å². The molecule has 1 aromatic rings. The van der Waals surface area contributed by atoms with E-state index in [9.17, 15) is 14.4 Å². The number of hydrogen-bond donors (Lipinski definition) is 2. The highest BCUT2D eigenvalue weighted by Gasteiger charge is 2.23. The molecule has 1 fully saturated rings. The summed E-state index contributed by atoms with van der Waals surface area (Å²) >= 11 is 0.922. The van der Waals surface area contributed by atoms with Gasteiger partial charge in [-0.05, 0) is 12.1 Å². The zero-order valence-corrected chi connectivity index (χ0v) is 9.62. The van der Waals surface area contributed by atoms with Crippen molar-refractivity contribution in [3.8, 4) is 0 Å². The van der Waals surface area contributed by atoms with E-state index in [0.717, 1.165) is 11.3 Å². The number of rotatable bonds is 2. The van der Waals surface area contributed by atoms with Crippen molar-refractivity contribution in [3.05, 3.63) is 21.9 Å². The number of nitrogens with one attached hydrogen (secondary N) is 1. The van der Waals surface area contributed by atoms with E-state index in [0.29, 0.717) is 18.0 Å². The molecule has 1 aliphatic heterocycles. The maximum Gasteiger partial charge on any atom is 0.345 e. The molecular formula is C10H10N2O4S. The van der Waals surface area contributed by atoms with E-state index in [-0.39, 0.29) is 23.2 Å². The molecule has 0 bridgehead atoms. The van der Waals surface area contributed by atoms with E-state index in [2.05, 4.69) is 5.32 Å². The topological polar surface area (TPSA) is 86.7 Å². The maximum atomic E-state index is 11.9. The van der Waals surface area contributed by atoms with Gasteiger partial charge in [0.25, 0.3) is 5.91 Å². The summed E-state index contributed by atoms with van der Waals surface area (Å²) in [5, 5.41) is 11.4. The Balaban J connectivity index is 2.13. The SMILES string of the molecule is O=C1CN(C(=O)c2ccc(C(=O)O)s2)CCN1. The van der Waals surface area contributed by atoms with Crippen LogP contribution in [0.2, 0.25) is 0 Å². The van der Waals surface area contributed by atoms with Crippen molar-refractivity contribution in [2.24, 2.45) is 0 Å². The molecule has 0 spiro atoms. The van der Waals surface area contributed by atoms with Gasteiger partial charge in [-0.15, -0.1) is 11.3 Å². The van der Waals surface area contributed by atoms with Crippen LogP contribution >= 0.6 is 11.3 Å². The third-order valence-electron chi connectivity index (χ3n) is 2.35. The summed E-state index contributed by atoms with van der Waals surface area (Å²) in [4.78, 5) is 35.6. The average Bonchev–Trinajstić information content (AvgIpc) is 2.77. The lowest BCUT2D eigenvalue weighted by Gasteiger charge is -2.26. The Bertz CT molecular complexity index is 482. The highest BCUT2D eigenvalue weighted by atomic mass is 32.1. The highest BCUT2D eigenvalue weighted by Crippen LogP contribution is 2.18. The number of piperazine rings is 1. The molecule has 90 valence electrons. The zero-order valence-electron chi connectivity index (χ0n) is 8.80. The van der Waals surface area contributed by atoms with Crippen LogP contribution < -0.4 is 5.32 Å². The number of thiophene rings is 1. The van der Waals surface area contributed by atoms with Gasteiger partial charge in [-0.2, -0.15) is 0 Å². The van der Waals surface area contributed by atoms with Gasteiger partial charge in [-0.3, -0.25) is 9.59 Å². The number of aromatic carboxylic acids is 1. The Morgan fingerprint density at radius 1 is 1.35 bits per heavy atom. The molecule has 0 unspecified atom stereocenters. The van der Waals surface area contributed by atoms with E-state index < -0.39 is 5.97 Å². The van der Waals surface area contributed by atoms with Gasteiger partial charge in [0.05, 0.1) is 11.4 Å². The molecular weight excluding hydrogens is 244 g/mol. The molecule has 7 heteroatoms. The van der Waals surface area contributed by atoms with Crippen molar-refractivity contribution in [3.63, 3.8) is 0 Å². The van der Waals surface area contributed by atoms with E-state index >= 15 is 0 Å². The van der Waals surface area contributed by atoms with Gasteiger partial charge in [0, 0.05) is 13.1 Å². The van der Waals surface area contributed by atoms with Gasteiger partial charge in [0.15, 0.2) is 0 Å². The lowest BCUT2D eigenvalue weighted by atomic mass is 10.3. The van der Waals surface area contributed by atoms with Crippen LogP contribution in [0.1, 0.15) is 19.3 Å². The van der Waals surface area contributed by atoms with Crippen LogP contribution in [0.25, 0.3) is 0 Å². The van der Waals surface area contributed by atoms with E-state index in [1.807, 2.05) is 0 Å². The van der Waals surface area contributed by atoms with Crippen molar-refractivity contribution < 1.29 is 19.5 Å². The van der Waals surface area contributed by atoms with Gasteiger partial charge < -0.3 is 15.3 Å². The van der Waals surface area contributed by atoms with E-state index in [1.54, 1.807) is 0 Å². The number of carbonyl (C=O) groups is 3. The van der Waals surface area contributed by atoms with Gasteiger partial charge in [0.2, 0.25) is 5.91 Å². The van der Waals surface area contributed by atoms with Gasteiger partial charge >= 0.3 is 5.97 Å². The lowest BCUT2D eigenvalue weighted by molar-refractivity contribution is -0.123. The summed E-state index contributed by atoms with van der Waals surface area (Å²) in [6.07, 6.45) is 0. The first kappa shape index (κ1) is 11.6. The predicted octanol–water partition coefficient (Wildman–Crippen LogP) is 0.0183. The van der Waals surface area contributed by atoms with Crippen LogP contribution in [0.3, 0.4) is 0 Å². The van der Waals surface area contributed by atoms with Crippen molar-refractivity contribution >= 4 is 29.1 Å². The number of nitrogens with zero attached hydrogens (tertiary/aromatic N) is 1. The second kappa shape index (κ2) is 4.54. The summed E-state index contributed by atoms with van der Waals surface area (Å²) in [5.41, 5.74) is 0. The normalized spacial score (nSPS) is 15.5. The number of hydrogen-bond acceptors (Lipinski definition) is 4. The smallest absolute Gasteiger partial charge is 0.345 e. The fourth-order valence-electron chi connectivity index (χ4n) is 1.54. The van der Waals surface area contributed by atoms with Crippen LogP contribution in [-0.2, 0) is 4.79 Å². The molecule has 17 heavy (non-hydrogen) atoms. The Hall–Kier alpha value is -1.89. The van der Waals surface area contributed by atoms with Crippen LogP contribution in [-0.4, -0.2) is 47.4 Å². The standard InChI is InChI=1S/C10H10N2O4S/c13-8-5-12(4-3-11-8)9(14)6-1-2-7(17-6)10(15)16/h1-2H,3-5H2,(H,11,13)(H,15,16). The maximum absolute atomic E-state index is 11.9. The van der Waals surface area contributed by atoms with Crippen LogP contribution in [0.5, 0.6) is 0 Å². The molecule has 2 heterocycles. The molecule has 0 atom stereocenters. The first-order valence-electron chi connectivity index (χ1n) is 4.97. The highest BCUT2D eigenvalue weighted by molar-refractivity contribution is 7.15. The molecule has 2 N–H and O–H groups in total. The largest absolute Gasteiger partial charge is 0.477 e. The third kappa shape index (κ3) is 2.44. The van der Waals surface area contributed by atoms with Gasteiger partial charge in [-0.1, -0.05) is 0 Å². The average molecular weight is 254 g/mol. The molecule has 0 aliphatic carbocycles. The first-order chi connectivity index (χ1) is 8.08. The second-order valence-corrected chi connectivity index (χ2v) is 4.63. The minimum atomic E-state index is -1.05. The summed E-state index contributed by atoms with van der Waals surface area (Å²) < 4.78 is 0. The van der Waals surface area contributed by atoms with Gasteiger partial charge in [0.1, 0.15) is 4.88 Å². The summed E-state index contributed by atoms with van der Waals surface area (Å²) in [6.45, 7) is 0.908. The minimum absolute atomic E-state index is 0.0269. The molecule has 0 radical (unpaired) electrons. The Labute approximate surface area is 101 Å². The third-order valence-corrected chi connectivity index (χ3v) is 3.41. The molecule has 0 saturated carbocycles. The molecule has 2 rings (SSSR count). The molecule has 1 aliphatic rings. The molecule has 0 aromatic carbocycles.